The van der Waals surface area contributed by atoms with Gasteiger partial charge in [0.2, 0.25) is 0 Å². The molecule has 0 aromatic heterocycles. The highest BCUT2D eigenvalue weighted by atomic mass is 79.9. The molecule has 0 N–H and O–H groups in total. The van der Waals surface area contributed by atoms with Gasteiger partial charge >= 0.3 is 0 Å². The van der Waals surface area contributed by atoms with Crippen LogP contribution >= 0.6 is 31.9 Å². The SMILES string of the molecule is CC1=C(C)C(C)(C)c2cc(Br)c(Br)cc2C1. The molecular weight excluding hydrogens is 328 g/mol. The topological polar surface area (TPSA) is 0 Å². The van der Waals surface area contributed by atoms with Crippen molar-refractivity contribution in [3.05, 3.63) is 43.4 Å². The van der Waals surface area contributed by atoms with E-state index in [9.17, 15) is 0 Å². The van der Waals surface area contributed by atoms with Gasteiger partial charge in [-0.25, -0.2) is 0 Å². The summed E-state index contributed by atoms with van der Waals surface area (Å²) in [4.78, 5) is 0. The van der Waals surface area contributed by atoms with E-state index in [1.54, 1.807) is 0 Å². The fourth-order valence-corrected chi connectivity index (χ4v) is 3.20. The van der Waals surface area contributed by atoms with Crippen LogP contribution < -0.4 is 0 Å². The number of rotatable bonds is 0. The molecule has 0 radical (unpaired) electrons. The van der Waals surface area contributed by atoms with Crippen molar-refractivity contribution in [3.63, 3.8) is 0 Å². The van der Waals surface area contributed by atoms with Gasteiger partial charge in [-0.1, -0.05) is 25.0 Å². The Labute approximate surface area is 114 Å². The van der Waals surface area contributed by atoms with Crippen molar-refractivity contribution >= 4 is 31.9 Å². The number of benzene rings is 1. The largest absolute Gasteiger partial charge is 0.0691 e. The highest BCUT2D eigenvalue weighted by molar-refractivity contribution is 9.13. The van der Waals surface area contributed by atoms with Crippen LogP contribution in [0.2, 0.25) is 0 Å². The van der Waals surface area contributed by atoms with Gasteiger partial charge in [-0.2, -0.15) is 0 Å². The lowest BCUT2D eigenvalue weighted by atomic mass is 9.70. The quantitative estimate of drug-likeness (QED) is 0.554. The van der Waals surface area contributed by atoms with E-state index in [2.05, 4.69) is 71.7 Å². The zero-order chi connectivity index (χ0) is 12.1. The summed E-state index contributed by atoms with van der Waals surface area (Å²) < 4.78 is 2.29. The van der Waals surface area contributed by atoms with Crippen LogP contribution in [0.1, 0.15) is 38.8 Å². The molecule has 0 spiro atoms. The molecule has 0 fully saturated rings. The molecule has 0 amide bonds. The third-order valence-corrected chi connectivity index (χ3v) is 5.70. The molecule has 0 atom stereocenters. The zero-order valence-electron chi connectivity index (χ0n) is 10.1. The van der Waals surface area contributed by atoms with Crippen molar-refractivity contribution in [2.45, 2.75) is 39.5 Å². The van der Waals surface area contributed by atoms with Crippen LogP contribution in [0.5, 0.6) is 0 Å². The average molecular weight is 344 g/mol. The van der Waals surface area contributed by atoms with E-state index in [4.69, 9.17) is 0 Å². The number of halogens is 2. The van der Waals surface area contributed by atoms with Gasteiger partial charge in [0.25, 0.3) is 0 Å². The first kappa shape index (κ1) is 12.4. The summed E-state index contributed by atoms with van der Waals surface area (Å²) >= 11 is 7.18. The molecule has 2 rings (SSSR count). The van der Waals surface area contributed by atoms with Crippen LogP contribution in [0.4, 0.5) is 0 Å². The Morgan fingerprint density at radius 3 is 2.25 bits per heavy atom. The van der Waals surface area contributed by atoms with Crippen molar-refractivity contribution in [2.75, 3.05) is 0 Å². The maximum absolute atomic E-state index is 3.60. The summed E-state index contributed by atoms with van der Waals surface area (Å²) in [5, 5.41) is 0. The molecule has 0 nitrogen and oxygen atoms in total. The van der Waals surface area contributed by atoms with E-state index in [1.165, 1.54) is 22.3 Å². The average Bonchev–Trinajstić information content (AvgIpc) is 2.19. The minimum absolute atomic E-state index is 0.154. The minimum Gasteiger partial charge on any atom is -0.0691 e. The van der Waals surface area contributed by atoms with E-state index in [-0.39, 0.29) is 5.41 Å². The van der Waals surface area contributed by atoms with Gasteiger partial charge in [0.1, 0.15) is 0 Å². The molecule has 1 aliphatic rings. The van der Waals surface area contributed by atoms with Gasteiger partial charge < -0.3 is 0 Å². The molecule has 1 aliphatic carbocycles. The van der Waals surface area contributed by atoms with Crippen molar-refractivity contribution in [3.8, 4) is 0 Å². The molecule has 86 valence electrons. The van der Waals surface area contributed by atoms with Crippen LogP contribution in [0.25, 0.3) is 0 Å². The summed E-state index contributed by atoms with van der Waals surface area (Å²) in [6, 6.07) is 4.51. The first-order valence-corrected chi connectivity index (χ1v) is 7.08. The van der Waals surface area contributed by atoms with Crippen LogP contribution in [-0.2, 0) is 11.8 Å². The van der Waals surface area contributed by atoms with Gasteiger partial charge in [-0.05, 0) is 75.4 Å². The van der Waals surface area contributed by atoms with Gasteiger partial charge in [-0.3, -0.25) is 0 Å². The summed E-state index contributed by atoms with van der Waals surface area (Å²) in [6.45, 7) is 9.12. The summed E-state index contributed by atoms with van der Waals surface area (Å²) in [5.74, 6) is 0. The van der Waals surface area contributed by atoms with E-state index in [1.807, 2.05) is 0 Å². The standard InChI is InChI=1S/C14H16Br2/c1-8-5-10-6-12(15)13(16)7-11(10)14(3,4)9(8)2/h6-7H,5H2,1-4H3. The second kappa shape index (κ2) is 3.99. The number of hydrogen-bond donors (Lipinski definition) is 0. The molecular formula is C14H16Br2. The van der Waals surface area contributed by atoms with E-state index in [0.29, 0.717) is 0 Å². The lowest BCUT2D eigenvalue weighted by molar-refractivity contribution is 0.590. The third kappa shape index (κ3) is 1.80. The number of hydrogen-bond acceptors (Lipinski definition) is 0. The Morgan fingerprint density at radius 2 is 1.62 bits per heavy atom. The fourth-order valence-electron chi connectivity index (χ4n) is 2.47. The first-order valence-electron chi connectivity index (χ1n) is 5.49. The van der Waals surface area contributed by atoms with Gasteiger partial charge in [0.05, 0.1) is 0 Å². The lowest BCUT2D eigenvalue weighted by Crippen LogP contribution is -2.26. The Balaban J connectivity index is 2.68. The van der Waals surface area contributed by atoms with Crippen molar-refractivity contribution < 1.29 is 0 Å². The number of fused-ring (bicyclic) bond motifs is 1. The molecule has 1 aromatic rings. The molecule has 0 saturated heterocycles. The second-order valence-corrected chi connectivity index (χ2v) is 6.84. The highest BCUT2D eigenvalue weighted by Gasteiger charge is 2.31. The Bertz CT molecular complexity index is 482. The summed E-state index contributed by atoms with van der Waals surface area (Å²) in [6.07, 6.45) is 1.08. The van der Waals surface area contributed by atoms with Gasteiger partial charge in [0, 0.05) is 14.4 Å². The van der Waals surface area contributed by atoms with Crippen LogP contribution in [0, 0.1) is 0 Å². The van der Waals surface area contributed by atoms with Crippen molar-refractivity contribution in [1.82, 2.24) is 0 Å². The lowest BCUT2D eigenvalue weighted by Gasteiger charge is -2.35. The second-order valence-electron chi connectivity index (χ2n) is 5.13. The highest BCUT2D eigenvalue weighted by Crippen LogP contribution is 2.43. The molecule has 0 unspecified atom stereocenters. The molecule has 1 aromatic carbocycles. The third-order valence-electron chi connectivity index (χ3n) is 3.85. The first-order chi connectivity index (χ1) is 7.34. The predicted octanol–water partition coefficient (Wildman–Crippen LogP) is 5.38. The minimum atomic E-state index is 0.154. The maximum atomic E-state index is 3.60. The van der Waals surface area contributed by atoms with E-state index in [0.717, 1.165) is 15.4 Å². The van der Waals surface area contributed by atoms with Crippen LogP contribution in [0.3, 0.4) is 0 Å². The number of allylic oxidation sites excluding steroid dienone is 2. The van der Waals surface area contributed by atoms with E-state index >= 15 is 0 Å². The Morgan fingerprint density at radius 1 is 1.06 bits per heavy atom. The molecule has 0 heterocycles. The monoisotopic (exact) mass is 342 g/mol. The predicted molar refractivity (Wildman–Crippen MR) is 76.9 cm³/mol. The summed E-state index contributed by atoms with van der Waals surface area (Å²) in [7, 11) is 0. The van der Waals surface area contributed by atoms with Crippen molar-refractivity contribution in [1.29, 1.82) is 0 Å². The molecule has 0 bridgehead atoms. The molecule has 0 aliphatic heterocycles. The van der Waals surface area contributed by atoms with Crippen LogP contribution in [0.15, 0.2) is 32.2 Å². The van der Waals surface area contributed by atoms with E-state index < -0.39 is 0 Å². The fraction of sp³-hybridized carbons (Fsp3) is 0.429. The maximum Gasteiger partial charge on any atom is 0.0320 e. The molecule has 16 heavy (non-hydrogen) atoms. The van der Waals surface area contributed by atoms with Crippen LogP contribution in [-0.4, -0.2) is 0 Å². The van der Waals surface area contributed by atoms with Gasteiger partial charge in [-0.15, -0.1) is 0 Å². The normalized spacial score (nSPS) is 18.6. The van der Waals surface area contributed by atoms with Crippen molar-refractivity contribution in [2.24, 2.45) is 0 Å². The molecule has 0 saturated carbocycles. The van der Waals surface area contributed by atoms with Gasteiger partial charge in [0.15, 0.2) is 0 Å². The smallest absolute Gasteiger partial charge is 0.0320 e. The summed E-state index contributed by atoms with van der Waals surface area (Å²) in [5.41, 5.74) is 6.07. The Hall–Kier alpha value is -0.0800. The zero-order valence-corrected chi connectivity index (χ0v) is 13.3. The molecule has 2 heteroatoms. The Kier molecular flexibility index (Phi) is 3.09.